The number of amides is 1. The molecule has 1 aliphatic rings. The lowest BCUT2D eigenvalue weighted by Crippen LogP contribution is -2.37. The SMILES string of the molecule is CC(C)CN1CCN(C(=O)c2ccncc2F)Cc2cccnc21.O=C(O)C(F)(F)F.O=C(O)C(F)(F)F. The molecule has 210 valence electrons. The maximum absolute atomic E-state index is 13.9. The second-order valence-corrected chi connectivity index (χ2v) is 8.01. The minimum Gasteiger partial charge on any atom is -0.475 e. The van der Waals surface area contributed by atoms with Gasteiger partial charge in [0.2, 0.25) is 0 Å². The summed E-state index contributed by atoms with van der Waals surface area (Å²) < 4.78 is 77.4. The Hall–Kier alpha value is -3.98. The molecule has 38 heavy (non-hydrogen) atoms. The molecule has 1 amide bonds. The van der Waals surface area contributed by atoms with Gasteiger partial charge in [0, 0.05) is 44.1 Å². The summed E-state index contributed by atoms with van der Waals surface area (Å²) in [5.74, 6) is -5.01. The van der Waals surface area contributed by atoms with Gasteiger partial charge >= 0.3 is 24.3 Å². The number of anilines is 1. The molecule has 2 aromatic rings. The van der Waals surface area contributed by atoms with Crippen LogP contribution in [0, 0.1) is 11.7 Å². The van der Waals surface area contributed by atoms with Crippen LogP contribution in [-0.2, 0) is 16.1 Å². The number of carboxylic acids is 2. The van der Waals surface area contributed by atoms with Crippen LogP contribution in [0.25, 0.3) is 0 Å². The number of rotatable bonds is 3. The molecular formula is C22H23F7N4O5. The van der Waals surface area contributed by atoms with Gasteiger partial charge in [-0.3, -0.25) is 9.78 Å². The Morgan fingerprint density at radius 2 is 1.53 bits per heavy atom. The summed E-state index contributed by atoms with van der Waals surface area (Å²) in [6.45, 7) is 6.82. The van der Waals surface area contributed by atoms with Crippen LogP contribution in [0.3, 0.4) is 0 Å². The van der Waals surface area contributed by atoms with Gasteiger partial charge in [-0.2, -0.15) is 26.3 Å². The first kappa shape index (κ1) is 32.0. The van der Waals surface area contributed by atoms with Gasteiger partial charge < -0.3 is 20.0 Å². The number of hydrogen-bond donors (Lipinski definition) is 2. The van der Waals surface area contributed by atoms with Crippen molar-refractivity contribution in [1.82, 2.24) is 14.9 Å². The standard InChI is InChI=1S/C18H21FN4O.2C2HF3O2/c1-13(2)11-22-8-9-23(12-14-4-3-6-21-17(14)22)18(24)15-5-7-20-10-16(15)19;2*3-2(4,5)1(6)7/h3-7,10,13H,8-9,11-12H2,1-2H3;2*(H,6,7). The predicted molar refractivity (Wildman–Crippen MR) is 118 cm³/mol. The highest BCUT2D eigenvalue weighted by Crippen LogP contribution is 2.24. The van der Waals surface area contributed by atoms with E-state index in [-0.39, 0.29) is 11.5 Å². The van der Waals surface area contributed by atoms with E-state index in [1.807, 2.05) is 12.1 Å². The number of alkyl halides is 6. The molecule has 3 rings (SSSR count). The molecule has 0 fully saturated rings. The molecule has 0 radical (unpaired) electrons. The molecule has 2 N–H and O–H groups in total. The summed E-state index contributed by atoms with van der Waals surface area (Å²) in [5, 5.41) is 14.2. The van der Waals surface area contributed by atoms with Gasteiger partial charge in [-0.1, -0.05) is 19.9 Å². The maximum atomic E-state index is 13.9. The number of carbonyl (C=O) groups is 3. The fourth-order valence-electron chi connectivity index (χ4n) is 2.98. The number of nitrogens with zero attached hydrogens (tertiary/aromatic N) is 4. The minimum absolute atomic E-state index is 0.0627. The lowest BCUT2D eigenvalue weighted by atomic mass is 10.2. The zero-order valence-corrected chi connectivity index (χ0v) is 19.9. The molecule has 9 nitrogen and oxygen atoms in total. The third-order valence-corrected chi connectivity index (χ3v) is 4.53. The van der Waals surface area contributed by atoms with Crippen molar-refractivity contribution < 1.29 is 55.3 Å². The van der Waals surface area contributed by atoms with Gasteiger partial charge in [0.05, 0.1) is 11.8 Å². The smallest absolute Gasteiger partial charge is 0.475 e. The van der Waals surface area contributed by atoms with Crippen molar-refractivity contribution in [3.8, 4) is 0 Å². The number of fused-ring (bicyclic) bond motifs is 1. The Labute approximate surface area is 211 Å². The summed E-state index contributed by atoms with van der Waals surface area (Å²) >= 11 is 0. The van der Waals surface area contributed by atoms with E-state index in [1.165, 1.54) is 12.3 Å². The Balaban J connectivity index is 0.000000426. The number of carbonyl (C=O) groups excluding carboxylic acids is 1. The molecule has 0 spiro atoms. The molecule has 0 saturated heterocycles. The molecule has 0 unspecified atom stereocenters. The molecule has 3 heterocycles. The molecule has 16 heteroatoms. The van der Waals surface area contributed by atoms with Crippen molar-refractivity contribution in [3.05, 3.63) is 53.7 Å². The van der Waals surface area contributed by atoms with Gasteiger partial charge in [-0.05, 0) is 18.1 Å². The van der Waals surface area contributed by atoms with Crippen molar-refractivity contribution in [1.29, 1.82) is 0 Å². The van der Waals surface area contributed by atoms with Crippen molar-refractivity contribution in [2.75, 3.05) is 24.5 Å². The number of aliphatic carboxylic acids is 2. The van der Waals surface area contributed by atoms with Gasteiger partial charge in [0.25, 0.3) is 5.91 Å². The molecule has 0 aliphatic carbocycles. The second-order valence-electron chi connectivity index (χ2n) is 8.01. The highest BCUT2D eigenvalue weighted by atomic mass is 19.4. The molecule has 0 aromatic carbocycles. The second kappa shape index (κ2) is 13.5. The van der Waals surface area contributed by atoms with E-state index in [4.69, 9.17) is 19.8 Å². The van der Waals surface area contributed by atoms with E-state index in [0.29, 0.717) is 25.6 Å². The van der Waals surface area contributed by atoms with E-state index in [2.05, 4.69) is 28.7 Å². The zero-order chi connectivity index (χ0) is 29.3. The monoisotopic (exact) mass is 556 g/mol. The van der Waals surface area contributed by atoms with E-state index < -0.39 is 30.1 Å². The Morgan fingerprint density at radius 1 is 0.974 bits per heavy atom. The average Bonchev–Trinajstić information content (AvgIpc) is 2.98. The van der Waals surface area contributed by atoms with Crippen LogP contribution in [0.1, 0.15) is 29.8 Å². The van der Waals surface area contributed by atoms with E-state index in [1.54, 1.807) is 11.1 Å². The van der Waals surface area contributed by atoms with Gasteiger partial charge in [-0.25, -0.2) is 19.0 Å². The summed E-state index contributed by atoms with van der Waals surface area (Å²) in [5.41, 5.74) is 1.05. The normalized spacial score (nSPS) is 13.3. The van der Waals surface area contributed by atoms with Crippen molar-refractivity contribution >= 4 is 23.7 Å². The fraction of sp³-hybridized carbons (Fsp3) is 0.409. The Morgan fingerprint density at radius 3 is 2.00 bits per heavy atom. The minimum atomic E-state index is -5.08. The zero-order valence-electron chi connectivity index (χ0n) is 19.9. The van der Waals surface area contributed by atoms with Crippen LogP contribution in [0.2, 0.25) is 0 Å². The fourth-order valence-corrected chi connectivity index (χ4v) is 2.98. The van der Waals surface area contributed by atoms with Crippen molar-refractivity contribution in [2.24, 2.45) is 5.92 Å². The van der Waals surface area contributed by atoms with E-state index in [0.717, 1.165) is 24.1 Å². The Kier molecular flexibility index (Phi) is 11.4. The lowest BCUT2D eigenvalue weighted by molar-refractivity contribution is -0.193. The van der Waals surface area contributed by atoms with Gasteiger partial charge in [-0.15, -0.1) is 0 Å². The maximum Gasteiger partial charge on any atom is 0.490 e. The first-order chi connectivity index (χ1) is 17.4. The molecule has 2 aromatic heterocycles. The molecule has 0 bridgehead atoms. The first-order valence-electron chi connectivity index (χ1n) is 10.6. The molecule has 0 saturated carbocycles. The average molecular weight is 556 g/mol. The molecular weight excluding hydrogens is 533 g/mol. The largest absolute Gasteiger partial charge is 0.490 e. The first-order valence-corrected chi connectivity index (χ1v) is 10.6. The van der Waals surface area contributed by atoms with Crippen molar-refractivity contribution in [2.45, 2.75) is 32.7 Å². The number of hydrogen-bond acceptors (Lipinski definition) is 6. The number of pyridine rings is 2. The highest BCUT2D eigenvalue weighted by Gasteiger charge is 2.38. The summed E-state index contributed by atoms with van der Waals surface area (Å²) in [6.07, 6.45) is -5.88. The highest BCUT2D eigenvalue weighted by molar-refractivity contribution is 5.94. The quantitative estimate of drug-likeness (QED) is 0.544. The number of aromatic nitrogens is 2. The molecule has 1 aliphatic heterocycles. The molecule has 0 atom stereocenters. The summed E-state index contributed by atoms with van der Waals surface area (Å²) in [4.78, 5) is 42.6. The van der Waals surface area contributed by atoms with E-state index >= 15 is 0 Å². The van der Waals surface area contributed by atoms with Crippen LogP contribution in [0.4, 0.5) is 36.6 Å². The van der Waals surface area contributed by atoms with Crippen LogP contribution >= 0.6 is 0 Å². The lowest BCUT2D eigenvalue weighted by Gasteiger charge is -2.25. The van der Waals surface area contributed by atoms with E-state index in [9.17, 15) is 35.5 Å². The third kappa shape index (κ3) is 10.2. The van der Waals surface area contributed by atoms with Crippen LogP contribution in [-0.4, -0.2) is 74.9 Å². The third-order valence-electron chi connectivity index (χ3n) is 4.53. The summed E-state index contributed by atoms with van der Waals surface area (Å²) in [7, 11) is 0. The van der Waals surface area contributed by atoms with Crippen LogP contribution in [0.15, 0.2) is 36.8 Å². The predicted octanol–water partition coefficient (Wildman–Crippen LogP) is 4.00. The van der Waals surface area contributed by atoms with Crippen LogP contribution < -0.4 is 4.90 Å². The topological polar surface area (TPSA) is 124 Å². The number of carboxylic acid groups (broad SMARTS) is 2. The van der Waals surface area contributed by atoms with Crippen molar-refractivity contribution in [3.63, 3.8) is 0 Å². The van der Waals surface area contributed by atoms with Gasteiger partial charge in [0.1, 0.15) is 5.82 Å². The number of halogens is 7. The summed E-state index contributed by atoms with van der Waals surface area (Å²) in [6, 6.07) is 5.27. The van der Waals surface area contributed by atoms with Crippen LogP contribution in [0.5, 0.6) is 0 Å². The Bertz CT molecular complexity index is 1090. The van der Waals surface area contributed by atoms with Gasteiger partial charge in [0.15, 0.2) is 5.82 Å².